The van der Waals surface area contributed by atoms with Crippen molar-refractivity contribution in [2.45, 2.75) is 33.1 Å². The monoisotopic (exact) mass is 477 g/mol. The van der Waals surface area contributed by atoms with Crippen molar-refractivity contribution >= 4 is 29.6 Å². The number of ether oxygens (including phenoxy) is 1. The molecule has 2 N–H and O–H groups in total. The zero-order chi connectivity index (χ0) is 24.5. The Morgan fingerprint density at radius 3 is 2.83 bits per heavy atom. The van der Waals surface area contributed by atoms with Gasteiger partial charge in [0.05, 0.1) is 37.0 Å². The number of benzene rings is 1. The van der Waals surface area contributed by atoms with Crippen molar-refractivity contribution in [1.29, 1.82) is 0 Å². The van der Waals surface area contributed by atoms with Gasteiger partial charge in [-0.3, -0.25) is 9.78 Å². The van der Waals surface area contributed by atoms with Crippen LogP contribution in [0, 0.1) is 6.92 Å². The third kappa shape index (κ3) is 6.83. The van der Waals surface area contributed by atoms with E-state index >= 15 is 0 Å². The second kappa shape index (κ2) is 12.0. The molecule has 186 valence electrons. The number of anilines is 3. The van der Waals surface area contributed by atoms with Crippen LogP contribution >= 0.6 is 0 Å². The second-order valence-electron chi connectivity index (χ2n) is 8.32. The molecule has 0 radical (unpaired) electrons. The summed E-state index contributed by atoms with van der Waals surface area (Å²) in [5.41, 5.74) is 7.72. The Kier molecular flexibility index (Phi) is 8.34. The standard InChI is InChI=1S/C26H31N7O2.2H2/c1-3-22-23(9-10-24(34)29-21-8-5-11-27-18-21)30-26(31-25(22)33-12-14-35-15-13-33)32-28-17-20-7-4-6-19(2)16-20;;/h4-8,11,16-18H,3,9-10,12-15H2,1-2H3,(H,29,34)(H,30,31,32);2*1H/b28-17+;;. The van der Waals surface area contributed by atoms with E-state index in [1.165, 1.54) is 5.56 Å². The number of nitrogens with zero attached hydrogens (tertiary/aromatic N) is 5. The van der Waals surface area contributed by atoms with Crippen LogP contribution in [-0.4, -0.2) is 53.4 Å². The van der Waals surface area contributed by atoms with Crippen molar-refractivity contribution in [1.82, 2.24) is 15.0 Å². The fourth-order valence-electron chi connectivity index (χ4n) is 3.98. The summed E-state index contributed by atoms with van der Waals surface area (Å²) >= 11 is 0. The van der Waals surface area contributed by atoms with E-state index in [1.807, 2.05) is 31.2 Å². The van der Waals surface area contributed by atoms with Gasteiger partial charge in [-0.05, 0) is 37.5 Å². The minimum absolute atomic E-state index is 0. The largest absolute Gasteiger partial charge is 0.378 e. The Morgan fingerprint density at radius 1 is 1.23 bits per heavy atom. The topological polar surface area (TPSA) is 105 Å². The summed E-state index contributed by atoms with van der Waals surface area (Å²) in [6.45, 7) is 6.97. The molecule has 1 aliphatic rings. The maximum absolute atomic E-state index is 12.6. The molecule has 0 bridgehead atoms. The molecule has 1 aliphatic heterocycles. The molecule has 3 heterocycles. The molecule has 2 aromatic heterocycles. The molecule has 35 heavy (non-hydrogen) atoms. The third-order valence-corrected chi connectivity index (χ3v) is 5.69. The van der Waals surface area contributed by atoms with Gasteiger partial charge in [0.15, 0.2) is 0 Å². The van der Waals surface area contributed by atoms with Gasteiger partial charge in [0.25, 0.3) is 0 Å². The summed E-state index contributed by atoms with van der Waals surface area (Å²) in [6.07, 6.45) is 6.61. The average Bonchev–Trinajstić information content (AvgIpc) is 2.88. The number of aromatic nitrogens is 3. The Labute approximate surface area is 208 Å². The van der Waals surface area contributed by atoms with Gasteiger partial charge in [-0.2, -0.15) is 10.1 Å². The summed E-state index contributed by atoms with van der Waals surface area (Å²) in [6, 6.07) is 11.7. The Hall–Kier alpha value is -3.85. The summed E-state index contributed by atoms with van der Waals surface area (Å²) in [5, 5.41) is 7.25. The van der Waals surface area contributed by atoms with Crippen LogP contribution in [-0.2, 0) is 22.4 Å². The first-order valence-electron chi connectivity index (χ1n) is 11.9. The predicted molar refractivity (Wildman–Crippen MR) is 142 cm³/mol. The molecule has 0 atom stereocenters. The highest BCUT2D eigenvalue weighted by Crippen LogP contribution is 2.25. The lowest BCUT2D eigenvalue weighted by Crippen LogP contribution is -2.37. The summed E-state index contributed by atoms with van der Waals surface area (Å²) in [5.74, 6) is 1.20. The molecule has 1 amide bonds. The van der Waals surface area contributed by atoms with Crippen LogP contribution < -0.4 is 15.6 Å². The zero-order valence-corrected chi connectivity index (χ0v) is 20.2. The number of nitrogens with one attached hydrogen (secondary N) is 2. The van der Waals surface area contributed by atoms with Crippen molar-refractivity contribution in [3.8, 4) is 0 Å². The number of rotatable bonds is 9. The molecular formula is C26H35N7O2. The highest BCUT2D eigenvalue weighted by molar-refractivity contribution is 5.90. The number of morpholine rings is 1. The van der Waals surface area contributed by atoms with Gasteiger partial charge < -0.3 is 15.0 Å². The summed E-state index contributed by atoms with van der Waals surface area (Å²) in [7, 11) is 0. The molecule has 4 rings (SSSR count). The van der Waals surface area contributed by atoms with Gasteiger partial charge in [-0.1, -0.05) is 36.8 Å². The number of amides is 1. The first kappa shape index (κ1) is 24.3. The van der Waals surface area contributed by atoms with Crippen LogP contribution in [0.3, 0.4) is 0 Å². The lowest BCUT2D eigenvalue weighted by Gasteiger charge is -2.30. The number of hydrazone groups is 1. The Balaban J connectivity index is 0.00000241. The average molecular weight is 478 g/mol. The van der Waals surface area contributed by atoms with Crippen LogP contribution in [0.25, 0.3) is 0 Å². The minimum atomic E-state index is -0.0847. The highest BCUT2D eigenvalue weighted by atomic mass is 16.5. The molecule has 0 aliphatic carbocycles. The Bertz CT molecular complexity index is 1170. The predicted octanol–water partition coefficient (Wildman–Crippen LogP) is 4.09. The van der Waals surface area contributed by atoms with E-state index in [0.29, 0.717) is 37.7 Å². The van der Waals surface area contributed by atoms with Crippen LogP contribution in [0.5, 0.6) is 0 Å². The van der Waals surface area contributed by atoms with E-state index in [9.17, 15) is 4.79 Å². The molecule has 9 heteroatoms. The molecule has 0 spiro atoms. The van der Waals surface area contributed by atoms with E-state index < -0.39 is 0 Å². The first-order chi connectivity index (χ1) is 17.1. The van der Waals surface area contributed by atoms with Crippen LogP contribution in [0.1, 0.15) is 38.6 Å². The van der Waals surface area contributed by atoms with Gasteiger partial charge in [0.1, 0.15) is 5.82 Å². The third-order valence-electron chi connectivity index (χ3n) is 5.69. The smallest absolute Gasteiger partial charge is 0.245 e. The molecule has 0 saturated carbocycles. The fourth-order valence-corrected chi connectivity index (χ4v) is 3.98. The zero-order valence-electron chi connectivity index (χ0n) is 20.2. The van der Waals surface area contributed by atoms with Crippen molar-refractivity contribution in [3.05, 3.63) is 71.2 Å². The number of hydrogen-bond donors (Lipinski definition) is 2. The van der Waals surface area contributed by atoms with Crippen LogP contribution in [0.4, 0.5) is 17.5 Å². The van der Waals surface area contributed by atoms with Gasteiger partial charge in [-0.15, -0.1) is 0 Å². The molecular weight excluding hydrogens is 442 g/mol. The quantitative estimate of drug-likeness (QED) is 0.353. The maximum Gasteiger partial charge on any atom is 0.245 e. The molecule has 9 nitrogen and oxygen atoms in total. The summed E-state index contributed by atoms with van der Waals surface area (Å²) in [4.78, 5) is 28.4. The van der Waals surface area contributed by atoms with Gasteiger partial charge >= 0.3 is 0 Å². The molecule has 0 unspecified atom stereocenters. The van der Waals surface area contributed by atoms with Crippen LogP contribution in [0.2, 0.25) is 0 Å². The molecule has 1 aromatic carbocycles. The van der Waals surface area contributed by atoms with E-state index in [4.69, 9.17) is 14.7 Å². The minimum Gasteiger partial charge on any atom is -0.378 e. The van der Waals surface area contributed by atoms with Crippen molar-refractivity contribution in [3.63, 3.8) is 0 Å². The fraction of sp³-hybridized carbons (Fsp3) is 0.346. The lowest BCUT2D eigenvalue weighted by molar-refractivity contribution is -0.116. The van der Waals surface area contributed by atoms with E-state index in [0.717, 1.165) is 42.1 Å². The van der Waals surface area contributed by atoms with Crippen molar-refractivity contribution in [2.75, 3.05) is 41.9 Å². The summed E-state index contributed by atoms with van der Waals surface area (Å²) < 4.78 is 5.53. The number of carbonyl (C=O) groups excluding carboxylic acids is 1. The SMILES string of the molecule is CCc1c(CCC(=O)Nc2cccnc2)nc(N/N=C/c2cccc(C)c2)nc1N1CCOCC1.[HH].[HH]. The first-order valence-corrected chi connectivity index (χ1v) is 11.9. The van der Waals surface area contributed by atoms with E-state index in [-0.39, 0.29) is 8.76 Å². The normalized spacial score (nSPS) is 13.7. The van der Waals surface area contributed by atoms with E-state index in [1.54, 1.807) is 24.7 Å². The van der Waals surface area contributed by atoms with Crippen LogP contribution in [0.15, 0.2) is 53.9 Å². The van der Waals surface area contributed by atoms with Crippen molar-refractivity contribution in [2.24, 2.45) is 5.10 Å². The molecule has 3 aromatic rings. The number of hydrogen-bond acceptors (Lipinski definition) is 8. The maximum atomic E-state index is 12.6. The van der Waals surface area contributed by atoms with Gasteiger partial charge in [0, 0.05) is 34.1 Å². The molecule has 1 saturated heterocycles. The number of carbonyl (C=O) groups is 1. The second-order valence-corrected chi connectivity index (χ2v) is 8.32. The number of aryl methyl sites for hydroxylation is 2. The van der Waals surface area contributed by atoms with Crippen molar-refractivity contribution < 1.29 is 12.4 Å². The van der Waals surface area contributed by atoms with E-state index in [2.05, 4.69) is 38.7 Å². The molecule has 1 fully saturated rings. The highest BCUT2D eigenvalue weighted by Gasteiger charge is 2.21. The van der Waals surface area contributed by atoms with Gasteiger partial charge in [-0.25, -0.2) is 10.4 Å². The van der Waals surface area contributed by atoms with Gasteiger partial charge in [0.2, 0.25) is 11.9 Å². The lowest BCUT2D eigenvalue weighted by atomic mass is 10.1. The Morgan fingerprint density at radius 2 is 2.09 bits per heavy atom. The number of pyridine rings is 1.